The Bertz CT molecular complexity index is 813. The first kappa shape index (κ1) is 19.5. The summed E-state index contributed by atoms with van der Waals surface area (Å²) in [6.45, 7) is 2.50. The van der Waals surface area contributed by atoms with Crippen molar-refractivity contribution >= 4 is 50.9 Å². The molecule has 1 aromatic carbocycles. The van der Waals surface area contributed by atoms with Crippen molar-refractivity contribution in [2.45, 2.75) is 19.5 Å². The maximum absolute atomic E-state index is 14.9. The first-order chi connectivity index (χ1) is 11.2. The molecule has 0 saturated heterocycles. The molecule has 0 fully saturated rings. The summed E-state index contributed by atoms with van der Waals surface area (Å²) in [5, 5.41) is 9.41. The maximum atomic E-state index is 14.9. The number of halogens is 3. The SMILES string of the molecule is CCOP(=O)(OCC)C(F)(F)c1sc2cc(C(=O)O)ccc2c1Br. The predicted octanol–water partition coefficient (Wildman–Crippen LogP) is 5.68. The number of carboxylic acid groups (broad SMARTS) is 1. The minimum absolute atomic E-state index is 0.0242. The molecule has 1 N–H and O–H groups in total. The monoisotopic (exact) mass is 442 g/mol. The van der Waals surface area contributed by atoms with Crippen LogP contribution in [0.25, 0.3) is 10.1 Å². The third-order valence-electron chi connectivity index (χ3n) is 3.09. The van der Waals surface area contributed by atoms with Gasteiger partial charge in [-0.2, -0.15) is 8.78 Å². The summed E-state index contributed by atoms with van der Waals surface area (Å²) < 4.78 is 52.2. The van der Waals surface area contributed by atoms with Gasteiger partial charge in [0.2, 0.25) is 0 Å². The Morgan fingerprint density at radius 2 is 1.92 bits per heavy atom. The number of carboxylic acids is 1. The van der Waals surface area contributed by atoms with Crippen molar-refractivity contribution in [1.82, 2.24) is 0 Å². The lowest BCUT2D eigenvalue weighted by Gasteiger charge is -2.25. The van der Waals surface area contributed by atoms with E-state index in [2.05, 4.69) is 15.9 Å². The molecule has 24 heavy (non-hydrogen) atoms. The second kappa shape index (κ2) is 7.17. The Balaban J connectivity index is 2.63. The summed E-state index contributed by atoms with van der Waals surface area (Å²) in [5.41, 5.74) is -3.89. The number of alkyl halides is 2. The van der Waals surface area contributed by atoms with Crippen LogP contribution in [0.2, 0.25) is 0 Å². The minimum Gasteiger partial charge on any atom is -0.478 e. The number of carbonyl (C=O) groups is 1. The van der Waals surface area contributed by atoms with Gasteiger partial charge in [-0.05, 0) is 41.9 Å². The molecule has 2 aromatic rings. The molecule has 10 heteroatoms. The molecule has 132 valence electrons. The van der Waals surface area contributed by atoms with Crippen molar-refractivity contribution in [3.63, 3.8) is 0 Å². The summed E-state index contributed by atoms with van der Waals surface area (Å²) >= 11 is 3.74. The van der Waals surface area contributed by atoms with E-state index in [-0.39, 0.29) is 23.2 Å². The van der Waals surface area contributed by atoms with Crippen LogP contribution in [0.5, 0.6) is 0 Å². The molecule has 0 saturated carbocycles. The van der Waals surface area contributed by atoms with Gasteiger partial charge in [0.05, 0.1) is 18.8 Å². The Morgan fingerprint density at radius 3 is 2.42 bits per heavy atom. The van der Waals surface area contributed by atoms with E-state index in [4.69, 9.17) is 14.2 Å². The van der Waals surface area contributed by atoms with Crippen LogP contribution < -0.4 is 0 Å². The number of rotatable bonds is 7. The summed E-state index contributed by atoms with van der Waals surface area (Å²) in [6.07, 6.45) is 0. The smallest absolute Gasteiger partial charge is 0.405 e. The molecule has 2 rings (SSSR count). The molecule has 1 heterocycles. The Morgan fingerprint density at radius 1 is 1.33 bits per heavy atom. The zero-order valence-electron chi connectivity index (χ0n) is 12.7. The predicted molar refractivity (Wildman–Crippen MR) is 91.2 cm³/mol. The standard InChI is InChI=1S/C14H14BrF2O5PS/c1-3-21-23(20,22-4-2)14(16,17)12-11(15)9-6-5-8(13(18)19)7-10(9)24-12/h5-7H,3-4H2,1-2H3,(H,18,19). The average molecular weight is 443 g/mol. The van der Waals surface area contributed by atoms with Crippen molar-refractivity contribution in [3.8, 4) is 0 Å². The fourth-order valence-electron chi connectivity index (χ4n) is 2.06. The van der Waals surface area contributed by atoms with Crippen LogP contribution in [0.1, 0.15) is 29.1 Å². The van der Waals surface area contributed by atoms with E-state index in [1.807, 2.05) is 0 Å². The van der Waals surface area contributed by atoms with E-state index in [1.54, 1.807) is 0 Å². The van der Waals surface area contributed by atoms with Crippen LogP contribution in [-0.4, -0.2) is 24.3 Å². The average Bonchev–Trinajstić information content (AvgIpc) is 2.84. The molecule has 5 nitrogen and oxygen atoms in total. The van der Waals surface area contributed by atoms with Gasteiger partial charge < -0.3 is 14.2 Å². The van der Waals surface area contributed by atoms with Crippen molar-refractivity contribution in [2.24, 2.45) is 0 Å². The third kappa shape index (κ3) is 3.28. The lowest BCUT2D eigenvalue weighted by Crippen LogP contribution is -2.17. The topological polar surface area (TPSA) is 72.8 Å². The Kier molecular flexibility index (Phi) is 5.82. The number of thiophene rings is 1. The molecule has 0 atom stereocenters. The van der Waals surface area contributed by atoms with Crippen LogP contribution in [0.15, 0.2) is 22.7 Å². The van der Waals surface area contributed by atoms with Crippen LogP contribution in [-0.2, 0) is 19.3 Å². The zero-order valence-corrected chi connectivity index (χ0v) is 16.0. The van der Waals surface area contributed by atoms with Gasteiger partial charge in [-0.15, -0.1) is 11.3 Å². The fraction of sp³-hybridized carbons (Fsp3) is 0.357. The second-order valence-corrected chi connectivity index (χ2v) is 8.55. The van der Waals surface area contributed by atoms with Gasteiger partial charge in [-0.3, -0.25) is 4.57 Å². The van der Waals surface area contributed by atoms with Crippen molar-refractivity contribution in [3.05, 3.63) is 33.1 Å². The molecule has 0 aliphatic carbocycles. The van der Waals surface area contributed by atoms with E-state index in [9.17, 15) is 18.1 Å². The summed E-state index contributed by atoms with van der Waals surface area (Å²) in [6, 6.07) is 4.03. The van der Waals surface area contributed by atoms with Gasteiger partial charge in [0.25, 0.3) is 0 Å². The molecule has 1 aromatic heterocycles. The molecular weight excluding hydrogens is 429 g/mol. The van der Waals surface area contributed by atoms with Gasteiger partial charge in [0.1, 0.15) is 4.88 Å². The number of benzene rings is 1. The van der Waals surface area contributed by atoms with Crippen molar-refractivity contribution < 1.29 is 32.3 Å². The highest BCUT2D eigenvalue weighted by atomic mass is 79.9. The quantitative estimate of drug-likeness (QED) is 0.558. The summed E-state index contributed by atoms with van der Waals surface area (Å²) in [4.78, 5) is 10.5. The van der Waals surface area contributed by atoms with Gasteiger partial charge in [-0.1, -0.05) is 6.07 Å². The van der Waals surface area contributed by atoms with Gasteiger partial charge in [-0.25, -0.2) is 4.79 Å². The van der Waals surface area contributed by atoms with Gasteiger partial charge in [0.15, 0.2) is 0 Å². The molecule has 0 amide bonds. The molecule has 0 bridgehead atoms. The van der Waals surface area contributed by atoms with Gasteiger partial charge in [0, 0.05) is 14.6 Å². The first-order valence-corrected chi connectivity index (χ1v) is 10.1. The molecule has 0 spiro atoms. The highest BCUT2D eigenvalue weighted by Gasteiger charge is 2.57. The summed E-state index contributed by atoms with van der Waals surface area (Å²) in [7, 11) is -4.73. The number of fused-ring (bicyclic) bond motifs is 1. The Hall–Kier alpha value is -0.860. The highest BCUT2D eigenvalue weighted by molar-refractivity contribution is 9.10. The van der Waals surface area contributed by atoms with Crippen LogP contribution in [0, 0.1) is 0 Å². The van der Waals surface area contributed by atoms with Crippen LogP contribution in [0.4, 0.5) is 8.78 Å². The largest absolute Gasteiger partial charge is 0.478 e. The Labute approximate surface area is 149 Å². The van der Waals surface area contributed by atoms with E-state index >= 15 is 0 Å². The van der Waals surface area contributed by atoms with Crippen LogP contribution >= 0.6 is 34.9 Å². The number of aromatic carboxylic acids is 1. The van der Waals surface area contributed by atoms with E-state index in [0.717, 1.165) is 0 Å². The maximum Gasteiger partial charge on any atom is 0.405 e. The van der Waals surface area contributed by atoms with Crippen molar-refractivity contribution in [1.29, 1.82) is 0 Å². The normalized spacial score (nSPS) is 12.7. The lowest BCUT2D eigenvalue weighted by atomic mass is 10.2. The molecule has 0 radical (unpaired) electrons. The van der Waals surface area contributed by atoms with E-state index in [1.165, 1.54) is 32.0 Å². The van der Waals surface area contributed by atoms with E-state index in [0.29, 0.717) is 21.4 Å². The van der Waals surface area contributed by atoms with Crippen molar-refractivity contribution in [2.75, 3.05) is 13.2 Å². The van der Waals surface area contributed by atoms with E-state index < -0.39 is 24.1 Å². The number of hydrogen-bond donors (Lipinski definition) is 1. The lowest BCUT2D eigenvalue weighted by molar-refractivity contribution is 0.0387. The van der Waals surface area contributed by atoms with Crippen LogP contribution in [0.3, 0.4) is 0 Å². The number of hydrogen-bond acceptors (Lipinski definition) is 5. The first-order valence-electron chi connectivity index (χ1n) is 6.90. The molecule has 0 aliphatic rings. The minimum atomic E-state index is -4.73. The summed E-state index contributed by atoms with van der Waals surface area (Å²) in [5.74, 6) is -1.16. The molecule has 0 aliphatic heterocycles. The van der Waals surface area contributed by atoms with Gasteiger partial charge >= 0.3 is 19.2 Å². The molecule has 0 unspecified atom stereocenters. The third-order valence-corrected chi connectivity index (χ3v) is 7.66. The molecular formula is C14H14BrF2O5PS. The highest BCUT2D eigenvalue weighted by Crippen LogP contribution is 2.69. The second-order valence-electron chi connectivity index (χ2n) is 4.64. The fourth-order valence-corrected chi connectivity index (χ4v) is 6.10. The zero-order chi connectivity index (χ0) is 18.1.